The Kier molecular flexibility index (Phi) is 6.44. The van der Waals surface area contributed by atoms with Gasteiger partial charge in [0.1, 0.15) is 0 Å². The van der Waals surface area contributed by atoms with Gasteiger partial charge in [0.05, 0.1) is 11.2 Å². The Balaban J connectivity index is 1.56. The molecule has 0 saturated carbocycles. The van der Waals surface area contributed by atoms with Crippen LogP contribution < -0.4 is 16.1 Å². The van der Waals surface area contributed by atoms with E-state index in [1.165, 1.54) is 5.56 Å². The van der Waals surface area contributed by atoms with Gasteiger partial charge in [0.15, 0.2) is 5.11 Å². The van der Waals surface area contributed by atoms with Crippen LogP contribution >= 0.6 is 23.8 Å². The number of nitrogens with zero attached hydrogens (tertiary/aromatic N) is 3. The third-order valence-electron chi connectivity index (χ3n) is 4.35. The summed E-state index contributed by atoms with van der Waals surface area (Å²) >= 11 is 11.1. The van der Waals surface area contributed by atoms with Gasteiger partial charge in [0.25, 0.3) is 0 Å². The van der Waals surface area contributed by atoms with Crippen molar-refractivity contribution in [1.82, 2.24) is 10.3 Å². The highest BCUT2D eigenvalue weighted by Crippen LogP contribution is 2.24. The molecule has 1 fully saturated rings. The summed E-state index contributed by atoms with van der Waals surface area (Å²) in [5, 5.41) is 4.73. The molecule has 2 aromatic rings. The molecule has 0 unspecified atom stereocenters. The van der Waals surface area contributed by atoms with Crippen molar-refractivity contribution >= 4 is 40.8 Å². The minimum atomic E-state index is 0.127. The van der Waals surface area contributed by atoms with Crippen LogP contribution in [0, 0.1) is 0 Å². The molecule has 1 heterocycles. The number of thiocarbonyl (C=S) groups is 1. The second kappa shape index (κ2) is 8.98. The normalized spacial score (nSPS) is 15.3. The highest BCUT2D eigenvalue weighted by molar-refractivity contribution is 7.80. The molecular weight excluding hydrogens is 366 g/mol. The first-order chi connectivity index (χ1) is 12.6. The van der Waals surface area contributed by atoms with Crippen molar-refractivity contribution in [3.8, 4) is 0 Å². The van der Waals surface area contributed by atoms with E-state index >= 15 is 0 Å². The van der Waals surface area contributed by atoms with Gasteiger partial charge in [-0.2, -0.15) is 5.10 Å². The lowest BCUT2D eigenvalue weighted by atomic mass is 10.1. The zero-order valence-electron chi connectivity index (χ0n) is 14.4. The zero-order valence-corrected chi connectivity index (χ0v) is 16.0. The Hall–Kier alpha value is -2.15. The van der Waals surface area contributed by atoms with Gasteiger partial charge in [-0.05, 0) is 36.0 Å². The molecule has 7 heteroatoms. The lowest BCUT2D eigenvalue weighted by molar-refractivity contribution is 0.250. The van der Waals surface area contributed by atoms with Crippen molar-refractivity contribution in [3.63, 3.8) is 0 Å². The molecule has 0 atom stereocenters. The summed E-state index contributed by atoms with van der Waals surface area (Å²) in [5.74, 6) is 0. The SMILES string of the molecule is NC(=S)N/N=C/c1ccc(N2CCN(Cc3ccccc3)CC2)cc1Cl. The van der Waals surface area contributed by atoms with Crippen LogP contribution in [-0.4, -0.2) is 42.4 Å². The number of benzene rings is 2. The van der Waals surface area contributed by atoms with Crippen LogP contribution in [0.25, 0.3) is 0 Å². The Morgan fingerprint density at radius 2 is 1.88 bits per heavy atom. The largest absolute Gasteiger partial charge is 0.375 e. The number of nitrogens with one attached hydrogen (secondary N) is 1. The standard InChI is InChI=1S/C19H22ClN5S/c20-18-12-17(7-6-16(18)13-22-23-19(21)26)25-10-8-24(9-11-25)14-15-4-2-1-3-5-15/h1-7,12-13H,8-11,14H2,(H3,21,23,26)/b22-13+. The summed E-state index contributed by atoms with van der Waals surface area (Å²) in [4.78, 5) is 4.84. The summed E-state index contributed by atoms with van der Waals surface area (Å²) < 4.78 is 0. The highest BCUT2D eigenvalue weighted by Gasteiger charge is 2.17. The van der Waals surface area contributed by atoms with Crippen LogP contribution in [0.4, 0.5) is 5.69 Å². The molecule has 136 valence electrons. The molecule has 0 aliphatic carbocycles. The van der Waals surface area contributed by atoms with Crippen LogP contribution in [0.5, 0.6) is 0 Å². The summed E-state index contributed by atoms with van der Waals surface area (Å²) in [6.07, 6.45) is 1.61. The Labute approximate surface area is 164 Å². The summed E-state index contributed by atoms with van der Waals surface area (Å²) in [6.45, 7) is 5.04. The van der Waals surface area contributed by atoms with Crippen molar-refractivity contribution in [1.29, 1.82) is 0 Å². The average molecular weight is 388 g/mol. The van der Waals surface area contributed by atoms with Gasteiger partial charge in [-0.15, -0.1) is 0 Å². The first-order valence-corrected chi connectivity index (χ1v) is 9.30. The maximum atomic E-state index is 6.38. The molecule has 1 aliphatic heterocycles. The maximum Gasteiger partial charge on any atom is 0.184 e. The number of rotatable bonds is 5. The molecule has 0 amide bonds. The van der Waals surface area contributed by atoms with E-state index in [0.29, 0.717) is 5.02 Å². The third-order valence-corrected chi connectivity index (χ3v) is 4.77. The molecule has 26 heavy (non-hydrogen) atoms. The maximum absolute atomic E-state index is 6.38. The third kappa shape index (κ3) is 5.17. The van der Waals surface area contributed by atoms with Crippen LogP contribution in [0.3, 0.4) is 0 Å². The highest BCUT2D eigenvalue weighted by atomic mass is 35.5. The topological polar surface area (TPSA) is 56.9 Å². The summed E-state index contributed by atoms with van der Waals surface area (Å²) in [7, 11) is 0. The minimum Gasteiger partial charge on any atom is -0.375 e. The van der Waals surface area contributed by atoms with E-state index in [1.54, 1.807) is 6.21 Å². The Morgan fingerprint density at radius 1 is 1.15 bits per heavy atom. The van der Waals surface area contributed by atoms with Gasteiger partial charge in [-0.3, -0.25) is 10.3 Å². The minimum absolute atomic E-state index is 0.127. The molecule has 1 saturated heterocycles. The van der Waals surface area contributed by atoms with E-state index in [0.717, 1.165) is 44.0 Å². The molecule has 3 rings (SSSR count). The molecule has 0 aromatic heterocycles. The lowest BCUT2D eigenvalue weighted by Gasteiger charge is -2.36. The quantitative estimate of drug-likeness (QED) is 0.469. The van der Waals surface area contributed by atoms with Crippen molar-refractivity contribution in [2.45, 2.75) is 6.54 Å². The van der Waals surface area contributed by atoms with Gasteiger partial charge in [-0.1, -0.05) is 41.9 Å². The molecule has 1 aliphatic rings. The fourth-order valence-corrected chi connectivity index (χ4v) is 3.26. The van der Waals surface area contributed by atoms with Gasteiger partial charge >= 0.3 is 0 Å². The molecule has 2 aromatic carbocycles. The van der Waals surface area contributed by atoms with Crippen molar-refractivity contribution in [2.75, 3.05) is 31.1 Å². The number of piperazine rings is 1. The molecule has 0 radical (unpaired) electrons. The average Bonchev–Trinajstić information content (AvgIpc) is 2.64. The number of nitrogens with two attached hydrogens (primary N) is 1. The van der Waals surface area contributed by atoms with Crippen molar-refractivity contribution in [2.24, 2.45) is 10.8 Å². The second-order valence-corrected chi connectivity index (χ2v) is 7.04. The monoisotopic (exact) mass is 387 g/mol. The van der Waals surface area contributed by atoms with Gasteiger partial charge in [-0.25, -0.2) is 0 Å². The molecular formula is C19H22ClN5S. The molecule has 0 bridgehead atoms. The number of hydrazone groups is 1. The van der Waals surface area contributed by atoms with E-state index in [4.69, 9.17) is 29.6 Å². The van der Waals surface area contributed by atoms with Crippen molar-refractivity contribution < 1.29 is 0 Å². The molecule has 5 nitrogen and oxygen atoms in total. The van der Waals surface area contributed by atoms with E-state index < -0.39 is 0 Å². The predicted molar refractivity (Wildman–Crippen MR) is 113 cm³/mol. The van der Waals surface area contributed by atoms with Crippen LogP contribution in [0.15, 0.2) is 53.6 Å². The number of anilines is 1. The van der Waals surface area contributed by atoms with Crippen LogP contribution in [0.2, 0.25) is 5.02 Å². The molecule has 3 N–H and O–H groups in total. The first-order valence-electron chi connectivity index (χ1n) is 8.51. The first kappa shape index (κ1) is 18.6. The summed E-state index contributed by atoms with van der Waals surface area (Å²) in [5.41, 5.74) is 11.2. The number of hydrogen-bond donors (Lipinski definition) is 2. The van der Waals surface area contributed by atoms with Gasteiger partial charge < -0.3 is 10.6 Å². The Bertz CT molecular complexity index is 773. The van der Waals surface area contributed by atoms with Crippen molar-refractivity contribution in [3.05, 3.63) is 64.7 Å². The van der Waals surface area contributed by atoms with E-state index in [9.17, 15) is 0 Å². The fraction of sp³-hybridized carbons (Fsp3) is 0.263. The van der Waals surface area contributed by atoms with Gasteiger partial charge in [0, 0.05) is 44.0 Å². The van der Waals surface area contributed by atoms with E-state index in [1.807, 2.05) is 12.1 Å². The number of halogens is 1. The second-order valence-electron chi connectivity index (χ2n) is 6.19. The van der Waals surface area contributed by atoms with E-state index in [-0.39, 0.29) is 5.11 Å². The predicted octanol–water partition coefficient (Wildman–Crippen LogP) is 2.83. The fourth-order valence-electron chi connectivity index (χ4n) is 2.99. The van der Waals surface area contributed by atoms with Crippen LogP contribution in [0.1, 0.15) is 11.1 Å². The zero-order chi connectivity index (χ0) is 18.4. The Morgan fingerprint density at radius 3 is 2.54 bits per heavy atom. The van der Waals surface area contributed by atoms with E-state index in [2.05, 4.69) is 56.7 Å². The smallest absolute Gasteiger partial charge is 0.184 e. The van der Waals surface area contributed by atoms with Crippen LogP contribution in [-0.2, 0) is 6.54 Å². The van der Waals surface area contributed by atoms with Gasteiger partial charge in [0.2, 0.25) is 0 Å². The summed E-state index contributed by atoms with van der Waals surface area (Å²) in [6, 6.07) is 16.6. The lowest BCUT2D eigenvalue weighted by Crippen LogP contribution is -2.45. The molecule has 0 spiro atoms. The number of hydrogen-bond acceptors (Lipinski definition) is 4.